The van der Waals surface area contributed by atoms with Crippen LogP contribution in [0.15, 0.2) is 77.7 Å². The van der Waals surface area contributed by atoms with Crippen LogP contribution < -0.4 is 5.56 Å². The summed E-state index contributed by atoms with van der Waals surface area (Å²) in [4.78, 5) is 30.6. The van der Waals surface area contributed by atoms with Crippen molar-refractivity contribution in [2.75, 3.05) is 0 Å². The Morgan fingerprint density at radius 1 is 1.06 bits per heavy atom. The maximum atomic E-state index is 13.5. The summed E-state index contributed by atoms with van der Waals surface area (Å²) in [6.07, 6.45) is 4.04. The van der Waals surface area contributed by atoms with Crippen LogP contribution in [0.2, 0.25) is 0 Å². The Morgan fingerprint density at radius 2 is 1.83 bits per heavy atom. The molecule has 7 nitrogen and oxygen atoms in total. The minimum absolute atomic E-state index is 0.116. The van der Waals surface area contributed by atoms with E-state index < -0.39 is 5.97 Å². The normalized spacial score (nSPS) is 11.1. The number of benzene rings is 3. The molecule has 0 aliphatic rings. The number of carboxylic acid groups (broad SMARTS) is 1. The minimum Gasteiger partial charge on any atom is -0.478 e. The van der Waals surface area contributed by atoms with Crippen molar-refractivity contribution in [3.63, 3.8) is 0 Å². The van der Waals surface area contributed by atoms with Gasteiger partial charge in [-0.15, -0.1) is 0 Å². The Hall–Kier alpha value is -4.70. The van der Waals surface area contributed by atoms with Crippen molar-refractivity contribution < 1.29 is 9.90 Å². The van der Waals surface area contributed by atoms with Gasteiger partial charge in [-0.3, -0.25) is 9.36 Å². The molecule has 0 unspecified atom stereocenters. The predicted molar refractivity (Wildman–Crippen MR) is 139 cm³/mol. The molecule has 5 rings (SSSR count). The highest BCUT2D eigenvalue weighted by molar-refractivity contribution is 6.05. The third-order valence-corrected chi connectivity index (χ3v) is 6.45. The van der Waals surface area contributed by atoms with Gasteiger partial charge in [0, 0.05) is 18.0 Å². The number of hydrogen-bond donors (Lipinski definition) is 1. The number of fused-ring (bicyclic) bond motifs is 2. The second kappa shape index (κ2) is 9.51. The van der Waals surface area contributed by atoms with E-state index in [2.05, 4.69) is 13.0 Å². The summed E-state index contributed by atoms with van der Waals surface area (Å²) < 4.78 is 3.40. The number of carbonyl (C=O) groups is 1. The molecule has 0 saturated heterocycles. The van der Waals surface area contributed by atoms with Crippen LogP contribution in [-0.2, 0) is 13.0 Å². The third-order valence-electron chi connectivity index (χ3n) is 6.45. The molecule has 0 aliphatic heterocycles. The molecule has 0 spiro atoms. The quantitative estimate of drug-likeness (QED) is 0.343. The molecule has 3 aromatic carbocycles. The standard InChI is InChI=1S/C29H24N4O3/c1-2-3-15-26-31-23-12-6-5-11-21(23)28(34)33(26)17-20-10-8-14-25-27(20)22(29(35)36)18-32(25)24-13-7-4-9-19(24)16-30/h4-14,18H,2-3,15,17H2,1H3,(H,35,36). The van der Waals surface area contributed by atoms with E-state index in [1.807, 2.05) is 42.5 Å². The van der Waals surface area contributed by atoms with Crippen molar-refractivity contribution in [3.8, 4) is 11.8 Å². The van der Waals surface area contributed by atoms with Crippen LogP contribution >= 0.6 is 0 Å². The number of para-hydroxylation sites is 2. The molecule has 7 heteroatoms. The van der Waals surface area contributed by atoms with E-state index in [1.165, 1.54) is 0 Å². The molecule has 0 amide bonds. The van der Waals surface area contributed by atoms with Crippen LogP contribution in [0.1, 0.15) is 47.1 Å². The first-order chi connectivity index (χ1) is 17.5. The third kappa shape index (κ3) is 3.93. The SMILES string of the molecule is CCCCc1nc2ccccc2c(=O)n1Cc1cccc2c1c(C(=O)O)cn2-c1ccccc1C#N. The van der Waals surface area contributed by atoms with Gasteiger partial charge in [0.05, 0.1) is 39.8 Å². The van der Waals surface area contributed by atoms with E-state index >= 15 is 0 Å². The van der Waals surface area contributed by atoms with Crippen molar-refractivity contribution >= 4 is 27.8 Å². The Bertz CT molecular complexity index is 1720. The van der Waals surface area contributed by atoms with Crippen LogP contribution in [-0.4, -0.2) is 25.2 Å². The molecule has 0 radical (unpaired) electrons. The average Bonchev–Trinajstić information content (AvgIpc) is 3.30. The van der Waals surface area contributed by atoms with E-state index in [9.17, 15) is 20.0 Å². The Morgan fingerprint density at radius 3 is 2.61 bits per heavy atom. The minimum atomic E-state index is -1.07. The van der Waals surface area contributed by atoms with Gasteiger partial charge >= 0.3 is 5.97 Å². The maximum absolute atomic E-state index is 13.5. The van der Waals surface area contributed by atoms with Crippen molar-refractivity contribution in [3.05, 3.63) is 106 Å². The molecule has 5 aromatic rings. The summed E-state index contributed by atoms with van der Waals surface area (Å²) in [6, 6.07) is 22.1. The van der Waals surface area contributed by atoms with Crippen LogP contribution in [0.3, 0.4) is 0 Å². The van der Waals surface area contributed by atoms with Crippen molar-refractivity contribution in [2.24, 2.45) is 0 Å². The van der Waals surface area contributed by atoms with Gasteiger partial charge in [0.1, 0.15) is 11.9 Å². The lowest BCUT2D eigenvalue weighted by Crippen LogP contribution is -2.26. The number of aryl methyl sites for hydroxylation is 1. The fraction of sp³-hybridized carbons (Fsp3) is 0.172. The lowest BCUT2D eigenvalue weighted by molar-refractivity contribution is 0.0699. The van der Waals surface area contributed by atoms with Gasteiger partial charge < -0.3 is 9.67 Å². The topological polar surface area (TPSA) is 101 Å². The first-order valence-electron chi connectivity index (χ1n) is 11.9. The zero-order valence-corrected chi connectivity index (χ0v) is 19.8. The Balaban J connectivity index is 1.74. The summed E-state index contributed by atoms with van der Waals surface area (Å²) in [5.41, 5.74) is 3.03. The average molecular weight is 477 g/mol. The fourth-order valence-corrected chi connectivity index (χ4v) is 4.71. The molecule has 2 aromatic heterocycles. The number of nitrogens with zero attached hydrogens (tertiary/aromatic N) is 4. The van der Waals surface area contributed by atoms with Crippen LogP contribution in [0.5, 0.6) is 0 Å². The number of unbranched alkanes of at least 4 members (excludes halogenated alkanes) is 1. The second-order valence-corrected chi connectivity index (χ2v) is 8.70. The van der Waals surface area contributed by atoms with E-state index in [0.717, 1.165) is 12.8 Å². The highest BCUT2D eigenvalue weighted by atomic mass is 16.4. The van der Waals surface area contributed by atoms with E-state index in [4.69, 9.17) is 4.98 Å². The van der Waals surface area contributed by atoms with E-state index in [-0.39, 0.29) is 17.7 Å². The lowest BCUT2D eigenvalue weighted by atomic mass is 10.1. The molecule has 1 N–H and O–H groups in total. The van der Waals surface area contributed by atoms with Gasteiger partial charge in [-0.2, -0.15) is 5.26 Å². The summed E-state index contributed by atoms with van der Waals surface area (Å²) in [7, 11) is 0. The van der Waals surface area contributed by atoms with Crippen molar-refractivity contribution in [1.82, 2.24) is 14.1 Å². The number of aromatic nitrogens is 3. The summed E-state index contributed by atoms with van der Waals surface area (Å²) in [5, 5.41) is 20.8. The second-order valence-electron chi connectivity index (χ2n) is 8.70. The van der Waals surface area contributed by atoms with Crippen molar-refractivity contribution in [1.29, 1.82) is 5.26 Å². The monoisotopic (exact) mass is 476 g/mol. The van der Waals surface area contributed by atoms with Gasteiger partial charge in [0.15, 0.2) is 0 Å². The molecule has 0 fully saturated rings. The molecule has 0 saturated carbocycles. The maximum Gasteiger partial charge on any atom is 0.337 e. The number of rotatable bonds is 7. The van der Waals surface area contributed by atoms with Gasteiger partial charge in [0.25, 0.3) is 5.56 Å². The molecule has 178 valence electrons. The zero-order valence-electron chi connectivity index (χ0n) is 19.8. The molecule has 0 aliphatic carbocycles. The smallest absolute Gasteiger partial charge is 0.337 e. The van der Waals surface area contributed by atoms with Gasteiger partial charge in [-0.05, 0) is 42.3 Å². The molecule has 2 heterocycles. The molecule has 0 atom stereocenters. The van der Waals surface area contributed by atoms with Gasteiger partial charge in [0.2, 0.25) is 0 Å². The first-order valence-corrected chi connectivity index (χ1v) is 11.9. The molecular weight excluding hydrogens is 452 g/mol. The summed E-state index contributed by atoms with van der Waals surface area (Å²) >= 11 is 0. The summed E-state index contributed by atoms with van der Waals surface area (Å²) in [6.45, 7) is 2.28. The van der Waals surface area contributed by atoms with Crippen LogP contribution in [0, 0.1) is 11.3 Å². The molecule has 36 heavy (non-hydrogen) atoms. The first kappa shape index (κ1) is 23.1. The largest absolute Gasteiger partial charge is 0.478 e. The number of carboxylic acids is 1. The Kier molecular flexibility index (Phi) is 6.09. The van der Waals surface area contributed by atoms with Crippen LogP contribution in [0.4, 0.5) is 0 Å². The van der Waals surface area contributed by atoms with Crippen molar-refractivity contribution in [2.45, 2.75) is 32.7 Å². The predicted octanol–water partition coefficient (Wildman–Crippen LogP) is 5.30. The molecular formula is C29H24N4O3. The van der Waals surface area contributed by atoms with Gasteiger partial charge in [-0.1, -0.05) is 49.7 Å². The zero-order chi connectivity index (χ0) is 25.2. The van der Waals surface area contributed by atoms with Gasteiger partial charge in [-0.25, -0.2) is 9.78 Å². The van der Waals surface area contributed by atoms with E-state index in [0.29, 0.717) is 50.9 Å². The number of hydrogen-bond acceptors (Lipinski definition) is 4. The number of nitriles is 1. The fourth-order valence-electron chi connectivity index (χ4n) is 4.71. The summed E-state index contributed by atoms with van der Waals surface area (Å²) in [5.74, 6) is -0.389. The van der Waals surface area contributed by atoms with Crippen LogP contribution in [0.25, 0.3) is 27.5 Å². The highest BCUT2D eigenvalue weighted by Crippen LogP contribution is 2.30. The lowest BCUT2D eigenvalue weighted by Gasteiger charge is -2.15. The Labute approximate surface area is 207 Å². The van der Waals surface area contributed by atoms with E-state index in [1.54, 1.807) is 39.6 Å². The highest BCUT2D eigenvalue weighted by Gasteiger charge is 2.21. The number of aromatic carboxylic acids is 1. The molecule has 0 bridgehead atoms.